The first kappa shape index (κ1) is 16.3. The molecule has 0 saturated heterocycles. The third kappa shape index (κ3) is 4.06. The average Bonchev–Trinajstić information content (AvgIpc) is 3.22. The van der Waals surface area contributed by atoms with Crippen molar-refractivity contribution in [3.05, 3.63) is 34.7 Å². The molecule has 0 aliphatic heterocycles. The minimum absolute atomic E-state index is 0.0932. The first-order chi connectivity index (χ1) is 11.6. The molecule has 0 spiro atoms. The van der Waals surface area contributed by atoms with Crippen molar-refractivity contribution < 1.29 is 9.53 Å². The van der Waals surface area contributed by atoms with E-state index in [1.807, 2.05) is 24.4 Å². The molecule has 1 aromatic carbocycles. The predicted molar refractivity (Wildman–Crippen MR) is 95.4 cm³/mol. The highest BCUT2D eigenvalue weighted by molar-refractivity contribution is 7.15. The molecule has 1 amide bonds. The third-order valence-corrected chi connectivity index (χ3v) is 4.71. The van der Waals surface area contributed by atoms with Crippen molar-refractivity contribution in [3.63, 3.8) is 0 Å². The number of nitrogens with one attached hydrogen (secondary N) is 1. The molecule has 2 heterocycles. The summed E-state index contributed by atoms with van der Waals surface area (Å²) in [5.74, 6) is 0.328. The highest BCUT2D eigenvalue weighted by atomic mass is 32.1. The smallest absolute Gasteiger partial charge is 0.264 e. The van der Waals surface area contributed by atoms with Crippen LogP contribution >= 0.6 is 22.7 Å². The summed E-state index contributed by atoms with van der Waals surface area (Å²) in [7, 11) is 0. The van der Waals surface area contributed by atoms with Crippen LogP contribution in [0.3, 0.4) is 0 Å². The van der Waals surface area contributed by atoms with E-state index >= 15 is 0 Å². The van der Waals surface area contributed by atoms with Gasteiger partial charge in [0.2, 0.25) is 5.13 Å². The van der Waals surface area contributed by atoms with Crippen LogP contribution in [-0.2, 0) is 11.2 Å². The molecule has 9 heteroatoms. The molecule has 2 aromatic heterocycles. The van der Waals surface area contributed by atoms with Crippen LogP contribution in [0.1, 0.15) is 11.9 Å². The molecule has 124 valence electrons. The molecule has 3 N–H and O–H groups in total. The third-order valence-electron chi connectivity index (χ3n) is 3.06. The second kappa shape index (κ2) is 7.37. The van der Waals surface area contributed by atoms with E-state index in [4.69, 9.17) is 10.5 Å². The minimum atomic E-state index is -0.273. The molecular formula is C15H15N5O2S2. The topological polar surface area (TPSA) is 103 Å². The molecule has 0 saturated carbocycles. The molecular weight excluding hydrogens is 346 g/mol. The lowest BCUT2D eigenvalue weighted by Gasteiger charge is -2.06. The summed E-state index contributed by atoms with van der Waals surface area (Å²) in [6, 6.07) is 7.33. The lowest BCUT2D eigenvalue weighted by Crippen LogP contribution is -2.20. The van der Waals surface area contributed by atoms with Gasteiger partial charge in [0.1, 0.15) is 10.8 Å². The molecule has 0 bridgehead atoms. The standard InChI is InChI=1S/C15H15N5O2S2/c1-2-13-19-20-15(24-13)18-12(21)7-22-10-5-3-9(4-6-10)11-8-23-14(16)17-11/h3-6,8H,2,7H2,1H3,(H2,16,17)(H,18,20,21). The quantitative estimate of drug-likeness (QED) is 0.700. The van der Waals surface area contributed by atoms with E-state index in [1.54, 1.807) is 12.1 Å². The summed E-state index contributed by atoms with van der Waals surface area (Å²) in [5.41, 5.74) is 7.40. The van der Waals surface area contributed by atoms with Gasteiger partial charge in [0.15, 0.2) is 11.7 Å². The highest BCUT2D eigenvalue weighted by Gasteiger charge is 2.08. The first-order valence-corrected chi connectivity index (χ1v) is 8.90. The van der Waals surface area contributed by atoms with E-state index in [0.29, 0.717) is 16.0 Å². The Kier molecular flexibility index (Phi) is 5.02. The Morgan fingerprint density at radius 1 is 1.29 bits per heavy atom. The molecule has 7 nitrogen and oxygen atoms in total. The van der Waals surface area contributed by atoms with Crippen molar-refractivity contribution in [1.29, 1.82) is 0 Å². The predicted octanol–water partition coefficient (Wildman–Crippen LogP) is 2.82. The van der Waals surface area contributed by atoms with E-state index in [1.165, 1.54) is 22.7 Å². The Bertz CT molecular complexity index is 829. The van der Waals surface area contributed by atoms with Crippen LogP contribution in [0.15, 0.2) is 29.6 Å². The number of amides is 1. The Labute approximate surface area is 146 Å². The summed E-state index contributed by atoms with van der Waals surface area (Å²) in [5, 5.41) is 14.3. The van der Waals surface area contributed by atoms with Crippen molar-refractivity contribution >= 4 is 38.8 Å². The number of carbonyl (C=O) groups is 1. The Balaban J connectivity index is 1.53. The summed E-state index contributed by atoms with van der Waals surface area (Å²) >= 11 is 2.75. The number of thiazole rings is 1. The van der Waals surface area contributed by atoms with Crippen molar-refractivity contribution in [2.45, 2.75) is 13.3 Å². The van der Waals surface area contributed by atoms with Crippen LogP contribution in [0.25, 0.3) is 11.3 Å². The van der Waals surface area contributed by atoms with Crippen molar-refractivity contribution in [1.82, 2.24) is 15.2 Å². The van der Waals surface area contributed by atoms with Gasteiger partial charge >= 0.3 is 0 Å². The molecule has 0 aliphatic rings. The normalized spacial score (nSPS) is 10.5. The maximum atomic E-state index is 11.9. The fourth-order valence-electron chi connectivity index (χ4n) is 1.89. The van der Waals surface area contributed by atoms with Gasteiger partial charge in [-0.1, -0.05) is 18.3 Å². The van der Waals surface area contributed by atoms with Crippen molar-refractivity contribution in [3.8, 4) is 17.0 Å². The number of aryl methyl sites for hydroxylation is 1. The number of carbonyl (C=O) groups excluding carboxylic acids is 1. The van der Waals surface area contributed by atoms with E-state index in [2.05, 4.69) is 20.5 Å². The zero-order valence-electron chi connectivity index (χ0n) is 12.9. The fourth-order valence-corrected chi connectivity index (χ4v) is 3.16. The summed E-state index contributed by atoms with van der Waals surface area (Å²) in [6.45, 7) is 1.89. The number of anilines is 2. The number of nitrogens with zero attached hydrogens (tertiary/aromatic N) is 3. The van der Waals surface area contributed by atoms with Gasteiger partial charge in [0, 0.05) is 10.9 Å². The van der Waals surface area contributed by atoms with Gasteiger partial charge in [-0.25, -0.2) is 4.98 Å². The van der Waals surface area contributed by atoms with Gasteiger partial charge in [0.25, 0.3) is 5.91 Å². The van der Waals surface area contributed by atoms with E-state index in [-0.39, 0.29) is 12.5 Å². The van der Waals surface area contributed by atoms with Gasteiger partial charge in [0.05, 0.1) is 5.69 Å². The maximum Gasteiger partial charge on any atom is 0.264 e. The van der Waals surface area contributed by atoms with E-state index in [9.17, 15) is 4.79 Å². The fraction of sp³-hybridized carbons (Fsp3) is 0.200. The molecule has 0 aliphatic carbocycles. The number of ether oxygens (including phenoxy) is 1. The van der Waals surface area contributed by atoms with Gasteiger partial charge < -0.3 is 10.5 Å². The molecule has 24 heavy (non-hydrogen) atoms. The molecule has 3 aromatic rings. The van der Waals surface area contributed by atoms with Crippen LogP contribution in [0.5, 0.6) is 5.75 Å². The number of nitrogen functional groups attached to an aromatic ring is 1. The summed E-state index contributed by atoms with van der Waals surface area (Å²) in [4.78, 5) is 16.1. The maximum absolute atomic E-state index is 11.9. The molecule has 0 unspecified atom stereocenters. The monoisotopic (exact) mass is 361 g/mol. The zero-order valence-corrected chi connectivity index (χ0v) is 14.5. The van der Waals surface area contributed by atoms with Crippen LogP contribution < -0.4 is 15.8 Å². The zero-order chi connectivity index (χ0) is 16.9. The second-order valence-corrected chi connectivity index (χ2v) is 6.74. The molecule has 0 atom stereocenters. The van der Waals surface area contributed by atoms with Crippen LogP contribution in [0.2, 0.25) is 0 Å². The molecule has 0 radical (unpaired) electrons. The summed E-state index contributed by atoms with van der Waals surface area (Å²) in [6.07, 6.45) is 0.793. The Morgan fingerprint density at radius 2 is 2.08 bits per heavy atom. The Hall–Kier alpha value is -2.52. The number of hydrogen-bond donors (Lipinski definition) is 2. The summed E-state index contributed by atoms with van der Waals surface area (Å²) < 4.78 is 5.47. The average molecular weight is 361 g/mol. The van der Waals surface area contributed by atoms with Crippen molar-refractivity contribution in [2.75, 3.05) is 17.7 Å². The lowest BCUT2D eigenvalue weighted by molar-refractivity contribution is -0.118. The number of aromatic nitrogens is 3. The van der Waals surface area contributed by atoms with Gasteiger partial charge in [-0.2, -0.15) is 0 Å². The van der Waals surface area contributed by atoms with E-state index in [0.717, 1.165) is 22.7 Å². The first-order valence-electron chi connectivity index (χ1n) is 7.20. The number of nitrogens with two attached hydrogens (primary N) is 1. The number of rotatable bonds is 6. The van der Waals surface area contributed by atoms with Crippen LogP contribution in [0.4, 0.5) is 10.3 Å². The SMILES string of the molecule is CCc1nnc(NC(=O)COc2ccc(-c3csc(N)n3)cc2)s1. The van der Waals surface area contributed by atoms with E-state index < -0.39 is 0 Å². The highest BCUT2D eigenvalue weighted by Crippen LogP contribution is 2.25. The number of benzene rings is 1. The van der Waals surface area contributed by atoms with Gasteiger partial charge in [-0.15, -0.1) is 21.5 Å². The van der Waals surface area contributed by atoms with Gasteiger partial charge in [-0.3, -0.25) is 10.1 Å². The lowest BCUT2D eigenvalue weighted by atomic mass is 10.2. The molecule has 3 rings (SSSR count). The van der Waals surface area contributed by atoms with Crippen molar-refractivity contribution in [2.24, 2.45) is 0 Å². The van der Waals surface area contributed by atoms with Gasteiger partial charge in [-0.05, 0) is 30.7 Å². The van der Waals surface area contributed by atoms with Crippen LogP contribution in [0, 0.1) is 0 Å². The minimum Gasteiger partial charge on any atom is -0.484 e. The number of hydrogen-bond acceptors (Lipinski definition) is 8. The molecule has 0 fully saturated rings. The Morgan fingerprint density at radius 3 is 2.71 bits per heavy atom. The largest absolute Gasteiger partial charge is 0.484 e. The second-order valence-electron chi connectivity index (χ2n) is 4.79. The van der Waals surface area contributed by atoms with Crippen LogP contribution in [-0.4, -0.2) is 27.7 Å².